The maximum absolute atomic E-state index is 11.2. The summed E-state index contributed by atoms with van der Waals surface area (Å²) in [5, 5.41) is 14.1. The Kier molecular flexibility index (Phi) is 4.41. The highest BCUT2D eigenvalue weighted by molar-refractivity contribution is 5.93. The molecule has 110 valence electrons. The van der Waals surface area contributed by atoms with Gasteiger partial charge < -0.3 is 14.9 Å². The van der Waals surface area contributed by atoms with Crippen LogP contribution in [0.5, 0.6) is 5.75 Å². The predicted octanol–water partition coefficient (Wildman–Crippen LogP) is -0.131. The molecule has 0 aliphatic carbocycles. The van der Waals surface area contributed by atoms with Gasteiger partial charge in [0.25, 0.3) is 5.91 Å². The van der Waals surface area contributed by atoms with Crippen molar-refractivity contribution >= 4 is 11.9 Å². The third-order valence-electron chi connectivity index (χ3n) is 2.52. The lowest BCUT2D eigenvalue weighted by Crippen LogP contribution is -2.29. The number of nitrogens with zero attached hydrogens (tertiary/aromatic N) is 4. The first-order valence-electron chi connectivity index (χ1n) is 5.88. The monoisotopic (exact) mass is 292 g/mol. The number of nitrogen functional groups attached to an aromatic ring is 1. The number of carbonyl (C=O) groups excluding carboxylic acids is 1. The van der Waals surface area contributed by atoms with Crippen LogP contribution in [0.4, 0.5) is 5.95 Å². The molecule has 3 N–H and O–H groups in total. The Balaban J connectivity index is 1.85. The van der Waals surface area contributed by atoms with Crippen molar-refractivity contribution < 1.29 is 14.5 Å². The summed E-state index contributed by atoms with van der Waals surface area (Å²) in [5.74, 6) is 4.73. The number of ether oxygens (including phenoxy) is 1. The van der Waals surface area contributed by atoms with Crippen molar-refractivity contribution in [1.29, 1.82) is 0 Å². The van der Waals surface area contributed by atoms with Crippen molar-refractivity contribution in [3.05, 3.63) is 46.3 Å². The Hall–Kier alpha value is -3.01. The first-order chi connectivity index (χ1) is 10.1. The zero-order valence-corrected chi connectivity index (χ0v) is 10.8. The van der Waals surface area contributed by atoms with Gasteiger partial charge >= 0.3 is 5.95 Å². The van der Waals surface area contributed by atoms with Crippen LogP contribution in [0.25, 0.3) is 0 Å². The van der Waals surface area contributed by atoms with Gasteiger partial charge in [-0.2, -0.15) is 4.68 Å². The van der Waals surface area contributed by atoms with E-state index in [-0.39, 0.29) is 6.61 Å². The van der Waals surface area contributed by atoms with Gasteiger partial charge in [0.2, 0.25) is 6.33 Å². The number of hydrogen-bond acceptors (Lipinski definition) is 7. The highest BCUT2D eigenvalue weighted by atomic mass is 16.6. The maximum Gasteiger partial charge on any atom is 0.490 e. The van der Waals surface area contributed by atoms with Crippen LogP contribution in [0.15, 0.2) is 30.6 Å². The number of rotatable bonds is 6. The summed E-state index contributed by atoms with van der Waals surface area (Å²) in [6.07, 6.45) is 1.26. The molecule has 1 heterocycles. The van der Waals surface area contributed by atoms with Crippen molar-refractivity contribution in [2.75, 3.05) is 6.61 Å². The summed E-state index contributed by atoms with van der Waals surface area (Å²) >= 11 is 0. The van der Waals surface area contributed by atoms with Crippen LogP contribution < -0.4 is 16.0 Å². The number of nitrogens with one attached hydrogen (secondary N) is 1. The van der Waals surface area contributed by atoms with E-state index in [2.05, 4.69) is 10.1 Å². The average molecular weight is 292 g/mol. The summed E-state index contributed by atoms with van der Waals surface area (Å²) in [5.41, 5.74) is 2.44. The van der Waals surface area contributed by atoms with Crippen LogP contribution in [0.3, 0.4) is 0 Å². The van der Waals surface area contributed by atoms with Crippen LogP contribution in [0.2, 0.25) is 0 Å². The predicted molar refractivity (Wildman–Crippen MR) is 70.3 cm³/mol. The number of carbonyl (C=O) groups is 1. The van der Waals surface area contributed by atoms with E-state index in [1.54, 1.807) is 24.3 Å². The molecule has 0 saturated carbocycles. The highest BCUT2D eigenvalue weighted by Gasteiger charge is 2.12. The van der Waals surface area contributed by atoms with E-state index >= 15 is 0 Å². The van der Waals surface area contributed by atoms with Crippen molar-refractivity contribution in [3.63, 3.8) is 0 Å². The number of hydrogen-bond donors (Lipinski definition) is 2. The minimum atomic E-state index is -0.668. The molecule has 10 heteroatoms. The molecule has 1 aromatic heterocycles. The largest absolute Gasteiger partial charge is 0.492 e. The molecule has 0 aliphatic heterocycles. The lowest BCUT2D eigenvalue weighted by molar-refractivity contribution is -0.394. The molecule has 21 heavy (non-hydrogen) atoms. The molecule has 0 atom stereocenters. The van der Waals surface area contributed by atoms with Gasteiger partial charge in [-0.3, -0.25) is 10.2 Å². The molecule has 0 bridgehead atoms. The lowest BCUT2D eigenvalue weighted by atomic mass is 10.2. The average Bonchev–Trinajstić information content (AvgIpc) is 2.96. The smallest absolute Gasteiger partial charge is 0.490 e. The Bertz CT molecular complexity index is 638. The molecule has 10 nitrogen and oxygen atoms in total. The first-order valence-corrected chi connectivity index (χ1v) is 5.88. The number of benzene rings is 1. The van der Waals surface area contributed by atoms with Crippen LogP contribution in [-0.4, -0.2) is 32.2 Å². The van der Waals surface area contributed by atoms with Crippen molar-refractivity contribution in [2.45, 2.75) is 6.54 Å². The second-order valence-electron chi connectivity index (χ2n) is 3.91. The second-order valence-corrected chi connectivity index (χ2v) is 3.91. The van der Waals surface area contributed by atoms with E-state index < -0.39 is 16.8 Å². The standard InChI is InChI=1S/C11H12N6O4/c12-14-10(18)8-1-3-9(4-2-8)21-6-5-16-7-13-11(15-16)17(19)20/h1-4,7H,5-6,12H2,(H,14,18). The Morgan fingerprint density at radius 3 is 2.71 bits per heavy atom. The molecule has 0 radical (unpaired) electrons. The highest BCUT2D eigenvalue weighted by Crippen LogP contribution is 2.12. The molecule has 0 unspecified atom stereocenters. The van der Waals surface area contributed by atoms with Gasteiger partial charge in [0.15, 0.2) is 0 Å². The molecule has 0 fully saturated rings. The summed E-state index contributed by atoms with van der Waals surface area (Å²) in [6, 6.07) is 6.37. The quantitative estimate of drug-likeness (QED) is 0.327. The van der Waals surface area contributed by atoms with E-state index in [1.165, 1.54) is 11.0 Å². The SMILES string of the molecule is NNC(=O)c1ccc(OCCn2cnc([N+](=O)[O-])n2)cc1. The van der Waals surface area contributed by atoms with Crippen LogP contribution in [-0.2, 0) is 6.54 Å². The fourth-order valence-corrected chi connectivity index (χ4v) is 1.52. The summed E-state index contributed by atoms with van der Waals surface area (Å²) in [7, 11) is 0. The normalized spacial score (nSPS) is 10.1. The molecule has 1 amide bonds. The van der Waals surface area contributed by atoms with Gasteiger partial charge in [0.1, 0.15) is 12.4 Å². The van der Waals surface area contributed by atoms with Crippen LogP contribution >= 0.6 is 0 Å². The third-order valence-corrected chi connectivity index (χ3v) is 2.52. The minimum absolute atomic E-state index is 0.253. The van der Waals surface area contributed by atoms with Crippen LogP contribution in [0, 0.1) is 10.1 Å². The number of nitro groups is 1. The fourth-order valence-electron chi connectivity index (χ4n) is 1.52. The van der Waals surface area contributed by atoms with Gasteiger partial charge in [-0.25, -0.2) is 5.84 Å². The van der Waals surface area contributed by atoms with E-state index in [0.29, 0.717) is 17.9 Å². The first kappa shape index (κ1) is 14.4. The Morgan fingerprint density at radius 2 is 2.14 bits per heavy atom. The molecule has 2 rings (SSSR count). The summed E-state index contributed by atoms with van der Waals surface area (Å²) in [4.78, 5) is 24.5. The van der Waals surface area contributed by atoms with Crippen molar-refractivity contribution in [2.24, 2.45) is 5.84 Å². The van der Waals surface area contributed by atoms with Gasteiger partial charge in [-0.05, 0) is 29.2 Å². The number of nitrogens with two attached hydrogens (primary N) is 1. The third kappa shape index (κ3) is 3.73. The molecule has 0 saturated heterocycles. The molecule has 2 aromatic rings. The number of aromatic nitrogens is 3. The van der Waals surface area contributed by atoms with E-state index in [4.69, 9.17) is 10.6 Å². The van der Waals surface area contributed by atoms with Crippen molar-refractivity contribution in [1.82, 2.24) is 20.2 Å². The lowest BCUT2D eigenvalue weighted by Gasteiger charge is -2.05. The Morgan fingerprint density at radius 1 is 1.43 bits per heavy atom. The summed E-state index contributed by atoms with van der Waals surface area (Å²) < 4.78 is 6.74. The molecular formula is C11H12N6O4. The molecular weight excluding hydrogens is 280 g/mol. The van der Waals surface area contributed by atoms with E-state index in [0.717, 1.165) is 0 Å². The zero-order valence-electron chi connectivity index (χ0n) is 10.8. The number of amides is 1. The summed E-state index contributed by atoms with van der Waals surface area (Å²) in [6.45, 7) is 0.564. The van der Waals surface area contributed by atoms with E-state index in [9.17, 15) is 14.9 Å². The van der Waals surface area contributed by atoms with Gasteiger partial charge in [-0.15, -0.1) is 0 Å². The minimum Gasteiger partial charge on any atom is -0.492 e. The fraction of sp³-hybridized carbons (Fsp3) is 0.182. The number of hydrazine groups is 1. The van der Waals surface area contributed by atoms with Crippen LogP contribution in [0.1, 0.15) is 10.4 Å². The second kappa shape index (κ2) is 6.43. The molecule has 1 aromatic carbocycles. The molecule has 0 aliphatic rings. The zero-order chi connectivity index (χ0) is 15.2. The van der Waals surface area contributed by atoms with Crippen molar-refractivity contribution in [3.8, 4) is 5.75 Å². The maximum atomic E-state index is 11.2. The van der Waals surface area contributed by atoms with E-state index in [1.807, 2.05) is 5.43 Å². The molecule has 0 spiro atoms. The van der Waals surface area contributed by atoms with Gasteiger partial charge in [0.05, 0.1) is 6.54 Å². The topological polar surface area (TPSA) is 138 Å². The Labute approximate surface area is 118 Å². The van der Waals surface area contributed by atoms with Gasteiger partial charge in [0, 0.05) is 10.7 Å². The van der Waals surface area contributed by atoms with Gasteiger partial charge in [-0.1, -0.05) is 4.98 Å².